The lowest BCUT2D eigenvalue weighted by molar-refractivity contribution is -0.285. The maximum atomic E-state index is 13.9. The van der Waals surface area contributed by atoms with Crippen LogP contribution < -0.4 is 0 Å². The molecule has 0 aliphatic heterocycles. The van der Waals surface area contributed by atoms with Crippen LogP contribution in [0.2, 0.25) is 0 Å². The molecule has 1 rings (SSSR count). The first kappa shape index (κ1) is 26.2. The largest absolute Gasteiger partial charge is 0.386 e. The van der Waals surface area contributed by atoms with Gasteiger partial charge in [-0.25, -0.2) is 22.0 Å². The normalized spacial score (nSPS) is 15.6. The molecule has 168 valence electrons. The van der Waals surface area contributed by atoms with E-state index in [4.69, 9.17) is 0 Å². The van der Waals surface area contributed by atoms with Crippen LogP contribution in [0, 0.1) is 23.3 Å². The molecule has 1 aromatic carbocycles. The second-order valence-corrected chi connectivity index (χ2v) is 6.95. The van der Waals surface area contributed by atoms with Gasteiger partial charge in [-0.15, -0.1) is 0 Å². The molecule has 0 amide bonds. The summed E-state index contributed by atoms with van der Waals surface area (Å²) in [4.78, 5) is -6.09. The molecular formula is C12HBr2F15. The number of benzene rings is 1. The Morgan fingerprint density at radius 3 is 1.17 bits per heavy atom. The van der Waals surface area contributed by atoms with E-state index in [1.807, 2.05) is 0 Å². The zero-order valence-corrected chi connectivity index (χ0v) is 15.7. The van der Waals surface area contributed by atoms with Crippen LogP contribution in [-0.4, -0.2) is 21.8 Å². The molecule has 0 radical (unpaired) electrons. The van der Waals surface area contributed by atoms with Gasteiger partial charge in [0, 0.05) is 0 Å². The molecule has 0 heterocycles. The van der Waals surface area contributed by atoms with Crippen LogP contribution in [0.4, 0.5) is 65.9 Å². The van der Waals surface area contributed by atoms with Gasteiger partial charge in [0.15, 0.2) is 23.3 Å². The lowest BCUT2D eigenvalue weighted by Gasteiger charge is -2.34. The van der Waals surface area contributed by atoms with Crippen LogP contribution in [0.25, 0.3) is 0 Å². The molecule has 0 aliphatic carbocycles. The molecule has 0 saturated carbocycles. The van der Waals surface area contributed by atoms with E-state index >= 15 is 0 Å². The Hall–Kier alpha value is -0.870. The number of hydrogen-bond acceptors (Lipinski definition) is 0. The molecule has 1 aromatic rings. The van der Waals surface area contributed by atoms with Crippen molar-refractivity contribution in [3.63, 3.8) is 0 Å². The summed E-state index contributed by atoms with van der Waals surface area (Å²) in [7, 11) is 0. The van der Waals surface area contributed by atoms with Gasteiger partial charge in [-0.1, -0.05) is 0 Å². The molecule has 0 N–H and O–H groups in total. The van der Waals surface area contributed by atoms with E-state index in [1.165, 1.54) is 15.9 Å². The van der Waals surface area contributed by atoms with E-state index in [0.717, 1.165) is 0 Å². The van der Waals surface area contributed by atoms with Gasteiger partial charge in [0.25, 0.3) is 0 Å². The summed E-state index contributed by atoms with van der Waals surface area (Å²) in [6.07, 6.45) is 0. The molecule has 17 heteroatoms. The maximum absolute atomic E-state index is 13.9. The molecule has 0 aliphatic rings. The minimum absolute atomic E-state index is 0.696. The third-order valence-corrected chi connectivity index (χ3v) is 4.41. The van der Waals surface area contributed by atoms with Gasteiger partial charge >= 0.3 is 28.5 Å². The lowest BCUT2D eigenvalue weighted by atomic mass is 9.89. The average molecular weight is 590 g/mol. The van der Waals surface area contributed by atoms with E-state index in [9.17, 15) is 65.9 Å². The summed E-state index contributed by atoms with van der Waals surface area (Å²) in [5.41, 5.74) is -8.07. The highest BCUT2D eigenvalue weighted by molar-refractivity contribution is 9.10. The highest BCUT2D eigenvalue weighted by Gasteiger charge is 2.75. The van der Waals surface area contributed by atoms with E-state index in [2.05, 4.69) is 0 Å². The zero-order chi connectivity index (χ0) is 23.5. The van der Waals surface area contributed by atoms with E-state index in [1.54, 1.807) is 0 Å². The number of rotatable bonds is 6. The number of alkyl halides is 13. The first-order valence-corrected chi connectivity index (χ1v) is 8.02. The van der Waals surface area contributed by atoms with Crippen LogP contribution >= 0.6 is 31.9 Å². The van der Waals surface area contributed by atoms with Crippen molar-refractivity contribution in [1.82, 2.24) is 0 Å². The first-order valence-electron chi connectivity index (χ1n) is 6.31. The molecule has 0 aromatic heterocycles. The van der Waals surface area contributed by atoms with Crippen molar-refractivity contribution >= 4 is 31.9 Å². The lowest BCUT2D eigenvalue weighted by Crippen LogP contribution is -2.52. The molecular weight excluding hydrogens is 589 g/mol. The fourth-order valence-electron chi connectivity index (χ4n) is 1.86. The van der Waals surface area contributed by atoms with E-state index < -0.39 is 68.0 Å². The highest BCUT2D eigenvalue weighted by Crippen LogP contribution is 2.58. The van der Waals surface area contributed by atoms with Crippen LogP contribution in [-0.2, 0) is 11.8 Å². The van der Waals surface area contributed by atoms with Crippen molar-refractivity contribution in [2.75, 3.05) is 0 Å². The molecule has 0 saturated heterocycles. The van der Waals surface area contributed by atoms with Gasteiger partial charge < -0.3 is 0 Å². The third kappa shape index (κ3) is 3.69. The monoisotopic (exact) mass is 588 g/mol. The zero-order valence-electron chi connectivity index (χ0n) is 12.5. The minimum atomic E-state index is -7.06. The number of halogens is 17. The maximum Gasteiger partial charge on any atom is 0.386 e. The topological polar surface area (TPSA) is 0 Å². The summed E-state index contributed by atoms with van der Waals surface area (Å²) in [6, 6.07) is 0. The van der Waals surface area contributed by atoms with Crippen molar-refractivity contribution in [2.45, 2.75) is 33.6 Å². The SMILES string of the molecule is Fc1c(F)c(F)c(C(F)(F)C(F)(F)C(F)(F)Br)c(C(F)(F)C(F)(F)C(F)Br)c1F. The Labute approximate surface area is 166 Å². The molecule has 1 unspecified atom stereocenters. The quantitative estimate of drug-likeness (QED) is 0.141. The Kier molecular flexibility index (Phi) is 6.65. The Morgan fingerprint density at radius 2 is 0.897 bits per heavy atom. The third-order valence-electron chi connectivity index (χ3n) is 3.34. The summed E-state index contributed by atoms with van der Waals surface area (Å²) in [5, 5.41) is -4.26. The van der Waals surface area contributed by atoms with Crippen molar-refractivity contribution in [1.29, 1.82) is 0 Å². The smallest absolute Gasteiger partial charge is 0.228 e. The van der Waals surface area contributed by atoms with Crippen molar-refractivity contribution in [2.24, 2.45) is 0 Å². The summed E-state index contributed by atoms with van der Waals surface area (Å²) in [6.45, 7) is 0. The highest BCUT2D eigenvalue weighted by atomic mass is 79.9. The van der Waals surface area contributed by atoms with Crippen molar-refractivity contribution in [3.8, 4) is 0 Å². The average Bonchev–Trinajstić information content (AvgIpc) is 2.53. The second-order valence-electron chi connectivity index (χ2n) is 5.15. The molecule has 29 heavy (non-hydrogen) atoms. The predicted octanol–water partition coefficient (Wildman–Crippen LogP) is 7.38. The first-order chi connectivity index (χ1) is 12.6. The van der Waals surface area contributed by atoms with Gasteiger partial charge in [0.05, 0.1) is 11.1 Å². The van der Waals surface area contributed by atoms with Gasteiger partial charge in [0.1, 0.15) is 0 Å². The minimum Gasteiger partial charge on any atom is -0.228 e. The van der Waals surface area contributed by atoms with Crippen molar-refractivity contribution in [3.05, 3.63) is 34.4 Å². The van der Waals surface area contributed by atoms with E-state index in [0.29, 0.717) is 15.9 Å². The van der Waals surface area contributed by atoms with E-state index in [-0.39, 0.29) is 0 Å². The van der Waals surface area contributed by atoms with Gasteiger partial charge in [-0.05, 0) is 31.9 Å². The van der Waals surface area contributed by atoms with Gasteiger partial charge in [-0.3, -0.25) is 0 Å². The number of hydrogen-bond donors (Lipinski definition) is 0. The van der Waals surface area contributed by atoms with Crippen molar-refractivity contribution < 1.29 is 65.9 Å². The summed E-state index contributed by atoms with van der Waals surface area (Å²) in [5.74, 6) is -41.8. The Morgan fingerprint density at radius 1 is 0.586 bits per heavy atom. The van der Waals surface area contributed by atoms with Gasteiger partial charge in [-0.2, -0.15) is 43.9 Å². The van der Waals surface area contributed by atoms with Crippen LogP contribution in [0.1, 0.15) is 11.1 Å². The standard InChI is InChI=1S/C12HBr2F15/c13-7(19)10(24,25)8(20,21)1-2(4(16)6(18)5(17)3(1)15)9(22,23)11(26,27)12(14,28)29/h7H. The summed E-state index contributed by atoms with van der Waals surface area (Å²) >= 11 is 1.90. The fourth-order valence-corrected chi connectivity index (χ4v) is 2.40. The summed E-state index contributed by atoms with van der Waals surface area (Å²) < 4.78 is 201. The fraction of sp³-hybridized carbons (Fsp3) is 0.500. The second kappa shape index (κ2) is 7.37. The Bertz CT molecular complexity index is 796. The van der Waals surface area contributed by atoms with Crippen LogP contribution in [0.3, 0.4) is 0 Å². The molecule has 0 nitrogen and oxygen atoms in total. The predicted molar refractivity (Wildman–Crippen MR) is 71.7 cm³/mol. The van der Waals surface area contributed by atoms with Gasteiger partial charge in [0.2, 0.25) is 5.08 Å². The molecule has 0 spiro atoms. The molecule has 1 atom stereocenters. The molecule has 0 bridgehead atoms. The molecule has 0 fully saturated rings. The Balaban J connectivity index is 4.21. The van der Waals surface area contributed by atoms with Crippen LogP contribution in [0.15, 0.2) is 0 Å². The van der Waals surface area contributed by atoms with Crippen LogP contribution in [0.5, 0.6) is 0 Å².